The maximum absolute atomic E-state index is 5.90. The van der Waals surface area contributed by atoms with Gasteiger partial charge in [0.2, 0.25) is 0 Å². The van der Waals surface area contributed by atoms with Crippen molar-refractivity contribution in [1.29, 1.82) is 0 Å². The maximum atomic E-state index is 5.90. The molecular formula is C16H28N2. The third-order valence-corrected chi connectivity index (χ3v) is 5.89. The largest absolute Gasteiger partial charge is 0.271 e. The van der Waals surface area contributed by atoms with Gasteiger partial charge in [-0.15, -0.1) is 6.58 Å². The Hall–Kier alpha value is -0.340. The molecule has 0 radical (unpaired) electrons. The Kier molecular flexibility index (Phi) is 3.27. The predicted molar refractivity (Wildman–Crippen MR) is 75.8 cm³/mol. The van der Waals surface area contributed by atoms with Crippen molar-refractivity contribution in [2.45, 2.75) is 64.3 Å². The van der Waals surface area contributed by atoms with Gasteiger partial charge in [-0.05, 0) is 81.5 Å². The average molecular weight is 248 g/mol. The molecule has 0 aliphatic heterocycles. The van der Waals surface area contributed by atoms with E-state index < -0.39 is 0 Å². The lowest BCUT2D eigenvalue weighted by molar-refractivity contribution is -0.0751. The monoisotopic (exact) mass is 248 g/mol. The molecule has 0 heterocycles. The summed E-state index contributed by atoms with van der Waals surface area (Å²) in [6, 6.07) is 0.516. The predicted octanol–water partition coefficient (Wildman–Crippen LogP) is 3.39. The molecule has 1 atom stereocenters. The number of rotatable bonds is 5. The van der Waals surface area contributed by atoms with E-state index in [0.29, 0.717) is 11.5 Å². The van der Waals surface area contributed by atoms with Gasteiger partial charge in [0.1, 0.15) is 0 Å². The smallest absolute Gasteiger partial charge is 0.0270 e. The van der Waals surface area contributed by atoms with Gasteiger partial charge in [0.05, 0.1) is 0 Å². The molecule has 102 valence electrons. The molecule has 4 saturated carbocycles. The van der Waals surface area contributed by atoms with Crippen LogP contribution in [0.3, 0.4) is 0 Å². The summed E-state index contributed by atoms with van der Waals surface area (Å²) >= 11 is 0. The Morgan fingerprint density at radius 1 is 1.22 bits per heavy atom. The van der Waals surface area contributed by atoms with Crippen LogP contribution in [0, 0.1) is 23.2 Å². The van der Waals surface area contributed by atoms with Crippen LogP contribution in [0.1, 0.15) is 58.3 Å². The Morgan fingerprint density at radius 2 is 1.72 bits per heavy atom. The van der Waals surface area contributed by atoms with Crippen LogP contribution in [0.25, 0.3) is 0 Å². The fraction of sp³-hybridized carbons (Fsp3) is 0.875. The number of allylic oxidation sites excluding steroid dienone is 1. The molecular weight excluding hydrogens is 220 g/mol. The minimum Gasteiger partial charge on any atom is -0.271 e. The fourth-order valence-corrected chi connectivity index (χ4v) is 5.56. The topological polar surface area (TPSA) is 38.0 Å². The lowest BCUT2D eigenvalue weighted by Gasteiger charge is -2.59. The summed E-state index contributed by atoms with van der Waals surface area (Å²) in [7, 11) is 0. The molecule has 4 aliphatic rings. The van der Waals surface area contributed by atoms with Crippen LogP contribution in [0.4, 0.5) is 0 Å². The molecule has 4 aliphatic carbocycles. The maximum Gasteiger partial charge on any atom is 0.0270 e. The highest BCUT2D eigenvalue weighted by Crippen LogP contribution is 2.61. The zero-order valence-corrected chi connectivity index (χ0v) is 11.8. The van der Waals surface area contributed by atoms with Gasteiger partial charge >= 0.3 is 0 Å². The molecule has 4 rings (SSSR count). The quantitative estimate of drug-likeness (QED) is 0.444. The number of hydrogen-bond donors (Lipinski definition) is 2. The molecule has 3 N–H and O–H groups in total. The fourth-order valence-electron chi connectivity index (χ4n) is 5.56. The van der Waals surface area contributed by atoms with Crippen LogP contribution < -0.4 is 11.3 Å². The molecule has 4 bridgehead atoms. The molecule has 1 unspecified atom stereocenters. The lowest BCUT2D eigenvalue weighted by Crippen LogP contribution is -2.57. The van der Waals surface area contributed by atoms with E-state index in [0.717, 1.165) is 24.2 Å². The molecule has 18 heavy (non-hydrogen) atoms. The zero-order chi connectivity index (χ0) is 12.8. The van der Waals surface area contributed by atoms with E-state index in [-0.39, 0.29) is 0 Å². The second-order valence-electron chi connectivity index (χ2n) is 7.49. The standard InChI is InChI=1S/C16H28N2/c1-11(2)3-4-15(18-17)16-8-12-5-13(9-16)7-14(6-12)10-16/h12-15,18H,1,3-10,17H2,2H3. The molecule has 2 nitrogen and oxygen atoms in total. The molecule has 0 aromatic rings. The van der Waals surface area contributed by atoms with Crippen molar-refractivity contribution in [1.82, 2.24) is 5.43 Å². The van der Waals surface area contributed by atoms with Crippen molar-refractivity contribution in [3.05, 3.63) is 12.2 Å². The van der Waals surface area contributed by atoms with Crippen LogP contribution in [-0.4, -0.2) is 6.04 Å². The van der Waals surface area contributed by atoms with Crippen molar-refractivity contribution in [3.63, 3.8) is 0 Å². The first-order valence-electron chi connectivity index (χ1n) is 7.72. The van der Waals surface area contributed by atoms with E-state index in [2.05, 4.69) is 18.9 Å². The van der Waals surface area contributed by atoms with Gasteiger partial charge < -0.3 is 0 Å². The van der Waals surface area contributed by atoms with Crippen molar-refractivity contribution in [2.24, 2.45) is 29.0 Å². The summed E-state index contributed by atoms with van der Waals surface area (Å²) in [6.07, 6.45) is 11.1. The highest BCUT2D eigenvalue weighted by atomic mass is 15.2. The van der Waals surface area contributed by atoms with Gasteiger partial charge in [-0.1, -0.05) is 5.57 Å². The van der Waals surface area contributed by atoms with Gasteiger partial charge in [-0.25, -0.2) is 0 Å². The van der Waals surface area contributed by atoms with E-state index in [4.69, 9.17) is 5.84 Å². The summed E-state index contributed by atoms with van der Waals surface area (Å²) < 4.78 is 0. The second-order valence-corrected chi connectivity index (χ2v) is 7.49. The summed E-state index contributed by atoms with van der Waals surface area (Å²) in [5.74, 6) is 8.93. The van der Waals surface area contributed by atoms with E-state index in [1.54, 1.807) is 0 Å². The van der Waals surface area contributed by atoms with Gasteiger partial charge in [0.15, 0.2) is 0 Å². The average Bonchev–Trinajstić information content (AvgIpc) is 2.26. The van der Waals surface area contributed by atoms with Gasteiger partial charge in [-0.3, -0.25) is 11.3 Å². The van der Waals surface area contributed by atoms with E-state index in [1.165, 1.54) is 50.5 Å². The Bertz CT molecular complexity index is 299. The molecule has 4 fully saturated rings. The summed E-state index contributed by atoms with van der Waals surface area (Å²) in [5, 5.41) is 0. The van der Waals surface area contributed by atoms with Gasteiger partial charge in [0, 0.05) is 6.04 Å². The SMILES string of the molecule is C=C(C)CCC(NN)C12CC3CC(CC(C3)C1)C2. The number of nitrogens with two attached hydrogens (primary N) is 1. The third-order valence-electron chi connectivity index (χ3n) is 5.89. The minimum atomic E-state index is 0.516. The van der Waals surface area contributed by atoms with Crippen LogP contribution in [-0.2, 0) is 0 Å². The first-order chi connectivity index (χ1) is 8.61. The van der Waals surface area contributed by atoms with Gasteiger partial charge in [0.25, 0.3) is 0 Å². The van der Waals surface area contributed by atoms with Crippen LogP contribution >= 0.6 is 0 Å². The van der Waals surface area contributed by atoms with E-state index in [1.807, 2.05) is 0 Å². The molecule has 0 amide bonds. The highest BCUT2D eigenvalue weighted by Gasteiger charge is 2.53. The summed E-state index contributed by atoms with van der Waals surface area (Å²) in [6.45, 7) is 6.17. The van der Waals surface area contributed by atoms with Gasteiger partial charge in [-0.2, -0.15) is 0 Å². The number of nitrogens with one attached hydrogen (secondary N) is 1. The van der Waals surface area contributed by atoms with Crippen LogP contribution in [0.5, 0.6) is 0 Å². The normalized spacial score (nSPS) is 43.1. The summed E-state index contributed by atoms with van der Waals surface area (Å²) in [5.41, 5.74) is 4.99. The number of hydrogen-bond acceptors (Lipinski definition) is 2. The molecule has 2 heteroatoms. The molecule has 0 spiro atoms. The second kappa shape index (κ2) is 4.64. The van der Waals surface area contributed by atoms with Crippen molar-refractivity contribution >= 4 is 0 Å². The Morgan fingerprint density at radius 3 is 2.11 bits per heavy atom. The first-order valence-corrected chi connectivity index (χ1v) is 7.72. The minimum absolute atomic E-state index is 0.516. The first kappa shape index (κ1) is 12.7. The highest BCUT2D eigenvalue weighted by molar-refractivity contribution is 5.06. The van der Waals surface area contributed by atoms with E-state index >= 15 is 0 Å². The lowest BCUT2D eigenvalue weighted by atomic mass is 9.47. The molecule has 0 saturated heterocycles. The van der Waals surface area contributed by atoms with Crippen molar-refractivity contribution in [3.8, 4) is 0 Å². The molecule has 0 aromatic carbocycles. The van der Waals surface area contributed by atoms with Crippen molar-refractivity contribution in [2.75, 3.05) is 0 Å². The van der Waals surface area contributed by atoms with E-state index in [9.17, 15) is 0 Å². The van der Waals surface area contributed by atoms with Crippen LogP contribution in [0.15, 0.2) is 12.2 Å². The summed E-state index contributed by atoms with van der Waals surface area (Å²) in [4.78, 5) is 0. The van der Waals surface area contributed by atoms with Crippen LogP contribution in [0.2, 0.25) is 0 Å². The zero-order valence-electron chi connectivity index (χ0n) is 11.8. The Labute approximate surface area is 111 Å². The number of hydrazine groups is 1. The molecule has 0 aromatic heterocycles. The third kappa shape index (κ3) is 2.14. The van der Waals surface area contributed by atoms with Crippen molar-refractivity contribution < 1.29 is 0 Å². The Balaban J connectivity index is 1.74.